The number of aromatic hydroxyl groups is 1. The summed E-state index contributed by atoms with van der Waals surface area (Å²) in [5, 5.41) is 13.2. The highest BCUT2D eigenvalue weighted by molar-refractivity contribution is 7.17. The molecule has 0 radical (unpaired) electrons. The molecule has 0 saturated carbocycles. The van der Waals surface area contributed by atoms with E-state index in [4.69, 9.17) is 14.5 Å². The fraction of sp³-hybridized carbons (Fsp3) is 0.476. The predicted molar refractivity (Wildman–Crippen MR) is 109 cm³/mol. The van der Waals surface area contributed by atoms with E-state index in [9.17, 15) is 5.11 Å². The van der Waals surface area contributed by atoms with Crippen molar-refractivity contribution in [2.24, 2.45) is 0 Å². The fourth-order valence-corrected chi connectivity index (χ4v) is 3.87. The minimum absolute atomic E-state index is 0.0712. The fourth-order valence-electron chi connectivity index (χ4n) is 3.10. The summed E-state index contributed by atoms with van der Waals surface area (Å²) < 4.78 is 12.6. The average molecular weight is 400 g/mol. The summed E-state index contributed by atoms with van der Waals surface area (Å²) in [7, 11) is 0. The zero-order valence-electron chi connectivity index (χ0n) is 16.9. The van der Waals surface area contributed by atoms with Crippen LogP contribution in [0.15, 0.2) is 17.5 Å². The van der Waals surface area contributed by atoms with E-state index in [0.717, 1.165) is 32.9 Å². The van der Waals surface area contributed by atoms with Gasteiger partial charge >= 0.3 is 0 Å². The van der Waals surface area contributed by atoms with Crippen molar-refractivity contribution in [2.45, 2.75) is 58.7 Å². The molecule has 6 nitrogen and oxygen atoms in total. The molecule has 4 rings (SSSR count). The third-order valence-electron chi connectivity index (χ3n) is 4.89. The summed E-state index contributed by atoms with van der Waals surface area (Å²) in [5.41, 5.74) is 2.03. The normalized spacial score (nSPS) is 14.5. The first-order valence-electron chi connectivity index (χ1n) is 9.34. The number of rotatable bonds is 4. The van der Waals surface area contributed by atoms with Crippen molar-refractivity contribution in [3.05, 3.63) is 40.3 Å². The maximum Gasteiger partial charge on any atom is 0.229 e. The van der Waals surface area contributed by atoms with Gasteiger partial charge in [-0.15, -0.1) is 11.3 Å². The molecule has 1 aliphatic rings. The van der Waals surface area contributed by atoms with Crippen molar-refractivity contribution < 1.29 is 14.6 Å². The SMILES string of the molecule is CC(C)(C)c1nc2c(c(OCC(C)(C)c3cc4ccsc4c(O)n3)n1)COC2. The molecule has 0 saturated heterocycles. The van der Waals surface area contributed by atoms with E-state index in [0.29, 0.717) is 25.7 Å². The topological polar surface area (TPSA) is 77.4 Å². The number of hydrogen-bond donors (Lipinski definition) is 1. The van der Waals surface area contributed by atoms with Crippen LogP contribution in [-0.2, 0) is 28.8 Å². The summed E-state index contributed by atoms with van der Waals surface area (Å²) >= 11 is 1.49. The van der Waals surface area contributed by atoms with Crippen LogP contribution in [0.3, 0.4) is 0 Å². The Bertz CT molecular complexity index is 1040. The molecule has 7 heteroatoms. The van der Waals surface area contributed by atoms with Crippen molar-refractivity contribution in [1.29, 1.82) is 0 Å². The number of aromatic nitrogens is 3. The van der Waals surface area contributed by atoms with Gasteiger partial charge in [0, 0.05) is 10.8 Å². The van der Waals surface area contributed by atoms with Gasteiger partial charge in [0.05, 0.1) is 34.9 Å². The minimum atomic E-state index is -0.410. The second-order valence-corrected chi connectivity index (χ2v) is 9.78. The van der Waals surface area contributed by atoms with E-state index in [2.05, 4.69) is 44.6 Å². The summed E-state index contributed by atoms with van der Waals surface area (Å²) in [6, 6.07) is 4.01. The third-order valence-corrected chi connectivity index (χ3v) is 5.82. The van der Waals surface area contributed by atoms with Crippen LogP contribution in [0.25, 0.3) is 10.1 Å². The minimum Gasteiger partial charge on any atom is -0.492 e. The Balaban J connectivity index is 1.63. The van der Waals surface area contributed by atoms with Crippen LogP contribution in [0.1, 0.15) is 57.4 Å². The molecule has 1 N–H and O–H groups in total. The van der Waals surface area contributed by atoms with Crippen LogP contribution in [0.4, 0.5) is 0 Å². The van der Waals surface area contributed by atoms with E-state index in [-0.39, 0.29) is 11.3 Å². The molecule has 1 aliphatic heterocycles. The standard InChI is InChI=1S/C21H25N3O3S/c1-20(2,3)19-22-14-10-26-9-13(14)18(24-19)27-11-21(4,5)15-8-12-6-7-28-16(12)17(25)23-15/h6-8H,9-11H2,1-5H3,(H,23,25). The van der Waals surface area contributed by atoms with E-state index in [1.54, 1.807) is 0 Å². The molecule has 0 amide bonds. The maximum absolute atomic E-state index is 10.3. The van der Waals surface area contributed by atoms with Gasteiger partial charge in [-0.1, -0.05) is 34.6 Å². The third kappa shape index (κ3) is 3.44. The van der Waals surface area contributed by atoms with Crippen molar-refractivity contribution in [3.8, 4) is 11.8 Å². The Morgan fingerprint density at radius 2 is 1.93 bits per heavy atom. The lowest BCUT2D eigenvalue weighted by molar-refractivity contribution is 0.130. The Labute approximate surface area is 168 Å². The maximum atomic E-state index is 10.3. The van der Waals surface area contributed by atoms with Crippen LogP contribution >= 0.6 is 11.3 Å². The summed E-state index contributed by atoms with van der Waals surface area (Å²) in [5.74, 6) is 1.41. The largest absolute Gasteiger partial charge is 0.492 e. The van der Waals surface area contributed by atoms with Gasteiger partial charge < -0.3 is 14.6 Å². The lowest BCUT2D eigenvalue weighted by Gasteiger charge is -2.25. The first-order chi connectivity index (χ1) is 13.1. The zero-order valence-corrected chi connectivity index (χ0v) is 17.7. The molecular weight excluding hydrogens is 374 g/mol. The van der Waals surface area contributed by atoms with Crippen LogP contribution in [-0.4, -0.2) is 26.7 Å². The molecule has 3 aromatic heterocycles. The highest BCUT2D eigenvalue weighted by Crippen LogP contribution is 2.35. The predicted octanol–water partition coefficient (Wildman–Crippen LogP) is 4.48. The first-order valence-corrected chi connectivity index (χ1v) is 10.2. The van der Waals surface area contributed by atoms with Gasteiger partial charge in [-0.05, 0) is 22.9 Å². The molecule has 148 valence electrons. The molecule has 0 aliphatic carbocycles. The van der Waals surface area contributed by atoms with Gasteiger partial charge in [-0.25, -0.2) is 9.97 Å². The zero-order chi connectivity index (χ0) is 20.1. The molecule has 0 fully saturated rings. The Hall–Kier alpha value is -2.25. The molecule has 0 bridgehead atoms. The second kappa shape index (κ2) is 6.67. The van der Waals surface area contributed by atoms with Crippen LogP contribution in [0.5, 0.6) is 11.8 Å². The van der Waals surface area contributed by atoms with Gasteiger partial charge in [-0.3, -0.25) is 0 Å². The first kappa shape index (κ1) is 19.1. The molecule has 3 aromatic rings. The van der Waals surface area contributed by atoms with Crippen LogP contribution in [0.2, 0.25) is 0 Å². The number of fused-ring (bicyclic) bond motifs is 2. The summed E-state index contributed by atoms with van der Waals surface area (Å²) in [4.78, 5) is 13.8. The van der Waals surface area contributed by atoms with Gasteiger partial charge in [-0.2, -0.15) is 4.98 Å². The van der Waals surface area contributed by atoms with Crippen molar-refractivity contribution in [2.75, 3.05) is 6.61 Å². The molecule has 28 heavy (non-hydrogen) atoms. The van der Waals surface area contributed by atoms with Crippen molar-refractivity contribution in [1.82, 2.24) is 15.0 Å². The lowest BCUT2D eigenvalue weighted by Crippen LogP contribution is -2.28. The van der Waals surface area contributed by atoms with E-state index in [1.807, 2.05) is 17.5 Å². The molecule has 0 atom stereocenters. The van der Waals surface area contributed by atoms with Gasteiger partial charge in [0.2, 0.25) is 11.8 Å². The molecule has 0 aromatic carbocycles. The number of ether oxygens (including phenoxy) is 2. The molecule has 4 heterocycles. The highest BCUT2D eigenvalue weighted by Gasteiger charge is 2.29. The van der Waals surface area contributed by atoms with Gasteiger partial charge in [0.15, 0.2) is 0 Å². The smallest absolute Gasteiger partial charge is 0.229 e. The Morgan fingerprint density at radius 3 is 2.68 bits per heavy atom. The second-order valence-electron chi connectivity index (χ2n) is 8.86. The number of hydrogen-bond acceptors (Lipinski definition) is 7. The number of pyridine rings is 1. The van der Waals surface area contributed by atoms with E-state index in [1.165, 1.54) is 11.3 Å². The van der Waals surface area contributed by atoms with Crippen LogP contribution < -0.4 is 4.74 Å². The van der Waals surface area contributed by atoms with Crippen molar-refractivity contribution in [3.63, 3.8) is 0 Å². The summed E-state index contributed by atoms with van der Waals surface area (Å²) in [6.07, 6.45) is 0. The number of thiophene rings is 1. The summed E-state index contributed by atoms with van der Waals surface area (Å²) in [6.45, 7) is 11.7. The average Bonchev–Trinajstić information content (AvgIpc) is 3.27. The highest BCUT2D eigenvalue weighted by atomic mass is 32.1. The quantitative estimate of drug-likeness (QED) is 0.697. The Morgan fingerprint density at radius 1 is 1.14 bits per heavy atom. The number of nitrogens with zero attached hydrogens (tertiary/aromatic N) is 3. The molecule has 0 spiro atoms. The monoisotopic (exact) mass is 399 g/mol. The van der Waals surface area contributed by atoms with E-state index >= 15 is 0 Å². The molecular formula is C21H25N3O3S. The van der Waals surface area contributed by atoms with Gasteiger partial charge in [0.25, 0.3) is 0 Å². The Kier molecular flexibility index (Phi) is 4.55. The van der Waals surface area contributed by atoms with Gasteiger partial charge in [0.1, 0.15) is 12.4 Å². The van der Waals surface area contributed by atoms with E-state index < -0.39 is 5.41 Å². The molecule has 0 unspecified atom stereocenters. The van der Waals surface area contributed by atoms with Crippen molar-refractivity contribution >= 4 is 21.4 Å². The lowest BCUT2D eigenvalue weighted by atomic mass is 9.89. The van der Waals surface area contributed by atoms with Crippen LogP contribution in [0, 0.1) is 0 Å².